The fourth-order valence-electron chi connectivity index (χ4n) is 6.70. The molecule has 3 N–H and O–H groups in total. The van der Waals surface area contributed by atoms with Crippen LogP contribution >= 0.6 is 11.6 Å². The van der Waals surface area contributed by atoms with Gasteiger partial charge in [-0.25, -0.2) is 0 Å². The molecule has 3 nitrogen and oxygen atoms in total. The number of hydrogen-bond acceptors (Lipinski definition) is 3. The number of hydrogen-bond donors (Lipinski definition) is 3. The second-order valence-electron chi connectivity index (χ2n) is 10.9. The molecule has 4 heteroatoms. The van der Waals surface area contributed by atoms with Crippen molar-refractivity contribution in [3.63, 3.8) is 0 Å². The molecular weight excluding hydrogens is 408 g/mol. The van der Waals surface area contributed by atoms with E-state index in [0.29, 0.717) is 41.9 Å². The maximum Gasteiger partial charge on any atom is 0.0811 e. The summed E-state index contributed by atoms with van der Waals surface area (Å²) in [7, 11) is 0. The molecule has 3 unspecified atom stereocenters. The van der Waals surface area contributed by atoms with Gasteiger partial charge < -0.3 is 15.3 Å². The van der Waals surface area contributed by atoms with Crippen LogP contribution in [-0.4, -0.2) is 39.5 Å². The molecule has 0 aromatic carbocycles. The molecule has 0 aromatic rings. The molecule has 3 fully saturated rings. The first-order chi connectivity index (χ1) is 14.7. The van der Waals surface area contributed by atoms with Crippen molar-refractivity contribution in [3.8, 4) is 0 Å². The van der Waals surface area contributed by atoms with E-state index in [-0.39, 0.29) is 12.0 Å². The Balaban J connectivity index is 1.70. The number of alkyl halides is 1. The van der Waals surface area contributed by atoms with Crippen LogP contribution in [0.1, 0.15) is 78.6 Å². The highest BCUT2D eigenvalue weighted by atomic mass is 35.5. The highest BCUT2D eigenvalue weighted by Gasteiger charge is 2.50. The fraction of sp³-hybridized carbons (Fsp3) is 0.778. The Labute approximate surface area is 194 Å². The quantitative estimate of drug-likeness (QED) is 0.431. The number of aliphatic hydroxyl groups excluding tert-OH is 3. The lowest BCUT2D eigenvalue weighted by atomic mass is 9.60. The molecule has 3 aliphatic rings. The van der Waals surface area contributed by atoms with Gasteiger partial charge in [0.25, 0.3) is 0 Å². The summed E-state index contributed by atoms with van der Waals surface area (Å²) in [6, 6.07) is 0. The fourth-order valence-corrected chi connectivity index (χ4v) is 6.91. The Kier molecular flexibility index (Phi) is 8.51. The van der Waals surface area contributed by atoms with E-state index in [2.05, 4.69) is 32.6 Å². The first kappa shape index (κ1) is 25.0. The number of allylic oxidation sites excluding steroid dienone is 3. The summed E-state index contributed by atoms with van der Waals surface area (Å²) in [4.78, 5) is 0. The molecule has 0 radical (unpaired) electrons. The van der Waals surface area contributed by atoms with Gasteiger partial charge in [0, 0.05) is 12.3 Å². The molecule has 0 aliphatic heterocycles. The maximum absolute atomic E-state index is 10.4. The van der Waals surface area contributed by atoms with E-state index in [1.165, 1.54) is 31.3 Å². The standard InChI is InChI=1S/C27H43ClO3/c1-17(7-12-25(30)18(2)16-28)23-10-11-24-20(6-5-13-27(23,24)4)8-9-21-14-22(29)15-26(31)19(21)3/h8-9,17-18,22-26,29-31H,3,5-7,10-16H2,1-2,4H3/t17-,18?,22-,23-,24?,25?,26+,27-/m1/s1. The first-order valence-electron chi connectivity index (χ1n) is 12.4. The highest BCUT2D eigenvalue weighted by molar-refractivity contribution is 6.18. The van der Waals surface area contributed by atoms with Crippen molar-refractivity contribution >= 4 is 11.6 Å². The lowest BCUT2D eigenvalue weighted by Crippen LogP contribution is -2.36. The summed E-state index contributed by atoms with van der Waals surface area (Å²) < 4.78 is 0. The number of aliphatic hydroxyl groups is 3. The van der Waals surface area contributed by atoms with Crippen molar-refractivity contribution in [3.05, 3.63) is 35.5 Å². The molecule has 3 saturated carbocycles. The van der Waals surface area contributed by atoms with Gasteiger partial charge in [0.1, 0.15) is 0 Å². The normalized spacial score (nSPS) is 39.5. The zero-order valence-corrected chi connectivity index (χ0v) is 20.4. The van der Waals surface area contributed by atoms with Crippen molar-refractivity contribution in [2.75, 3.05) is 5.88 Å². The summed E-state index contributed by atoms with van der Waals surface area (Å²) in [5.41, 5.74) is 3.63. The summed E-state index contributed by atoms with van der Waals surface area (Å²) in [5, 5.41) is 30.5. The van der Waals surface area contributed by atoms with Gasteiger partial charge >= 0.3 is 0 Å². The van der Waals surface area contributed by atoms with Gasteiger partial charge in [-0.1, -0.05) is 45.1 Å². The van der Waals surface area contributed by atoms with Crippen LogP contribution in [0.5, 0.6) is 0 Å². The predicted molar refractivity (Wildman–Crippen MR) is 129 cm³/mol. The Morgan fingerprint density at radius 3 is 2.65 bits per heavy atom. The number of rotatable bonds is 7. The molecule has 176 valence electrons. The zero-order valence-electron chi connectivity index (χ0n) is 19.7. The Hall–Kier alpha value is -0.610. The molecule has 0 aromatic heterocycles. The zero-order chi connectivity index (χ0) is 22.8. The van der Waals surface area contributed by atoms with E-state index in [1.807, 2.05) is 6.92 Å². The van der Waals surface area contributed by atoms with E-state index < -0.39 is 12.2 Å². The van der Waals surface area contributed by atoms with Gasteiger partial charge in [-0.05, 0) is 91.6 Å². The van der Waals surface area contributed by atoms with Crippen LogP contribution in [0, 0.1) is 29.1 Å². The van der Waals surface area contributed by atoms with Gasteiger partial charge in [0.15, 0.2) is 0 Å². The third-order valence-corrected chi connectivity index (χ3v) is 9.29. The van der Waals surface area contributed by atoms with E-state index in [4.69, 9.17) is 11.6 Å². The Morgan fingerprint density at radius 2 is 1.94 bits per heavy atom. The maximum atomic E-state index is 10.4. The summed E-state index contributed by atoms with van der Waals surface area (Å²) in [6.07, 6.45) is 12.1. The minimum absolute atomic E-state index is 0.157. The molecular formula is C27H43ClO3. The van der Waals surface area contributed by atoms with Crippen LogP contribution in [0.2, 0.25) is 0 Å². The second-order valence-corrected chi connectivity index (χ2v) is 11.2. The van der Waals surface area contributed by atoms with Gasteiger partial charge in [-0.3, -0.25) is 0 Å². The smallest absolute Gasteiger partial charge is 0.0811 e. The third-order valence-electron chi connectivity index (χ3n) is 8.81. The van der Waals surface area contributed by atoms with Crippen molar-refractivity contribution < 1.29 is 15.3 Å². The van der Waals surface area contributed by atoms with E-state index >= 15 is 0 Å². The molecule has 0 spiro atoms. The molecule has 8 atom stereocenters. The lowest BCUT2D eigenvalue weighted by Gasteiger charge is -2.44. The van der Waals surface area contributed by atoms with Crippen LogP contribution in [0.15, 0.2) is 35.5 Å². The minimum Gasteiger partial charge on any atom is -0.393 e. The van der Waals surface area contributed by atoms with Gasteiger partial charge in [0.2, 0.25) is 0 Å². The van der Waals surface area contributed by atoms with Crippen molar-refractivity contribution in [1.29, 1.82) is 0 Å². The van der Waals surface area contributed by atoms with Crippen LogP contribution < -0.4 is 0 Å². The van der Waals surface area contributed by atoms with Gasteiger partial charge in [-0.2, -0.15) is 0 Å². The summed E-state index contributed by atoms with van der Waals surface area (Å²) in [5.74, 6) is 2.59. The molecule has 3 aliphatic carbocycles. The second kappa shape index (κ2) is 10.5. The van der Waals surface area contributed by atoms with Crippen LogP contribution in [0.25, 0.3) is 0 Å². The van der Waals surface area contributed by atoms with Gasteiger partial charge in [0.05, 0.1) is 18.3 Å². The average Bonchev–Trinajstić information content (AvgIpc) is 3.10. The van der Waals surface area contributed by atoms with Gasteiger partial charge in [-0.15, -0.1) is 11.6 Å². The Bertz CT molecular complexity index is 699. The van der Waals surface area contributed by atoms with Crippen molar-refractivity contribution in [2.45, 2.75) is 96.9 Å². The molecule has 3 rings (SSSR count). The van der Waals surface area contributed by atoms with Crippen molar-refractivity contribution in [1.82, 2.24) is 0 Å². The SMILES string of the molecule is C=C1C(=CC=C2CCC[C@@]3(C)C2CC[C@@H]3[C@H](C)CCC(O)C(C)CCl)C[C@@H](O)C[C@@H]1O. The highest BCUT2D eigenvalue weighted by Crippen LogP contribution is 2.60. The average molecular weight is 451 g/mol. The largest absolute Gasteiger partial charge is 0.393 e. The molecule has 0 amide bonds. The molecule has 0 saturated heterocycles. The van der Waals surface area contributed by atoms with Crippen molar-refractivity contribution in [2.24, 2.45) is 29.1 Å². The number of fused-ring (bicyclic) bond motifs is 1. The monoisotopic (exact) mass is 450 g/mol. The topological polar surface area (TPSA) is 60.7 Å². The number of halogens is 1. The van der Waals surface area contributed by atoms with E-state index in [1.54, 1.807) is 0 Å². The molecule has 0 bridgehead atoms. The summed E-state index contributed by atoms with van der Waals surface area (Å²) >= 11 is 5.93. The lowest BCUT2D eigenvalue weighted by molar-refractivity contribution is 0.0722. The summed E-state index contributed by atoms with van der Waals surface area (Å²) in [6.45, 7) is 11.0. The van der Waals surface area contributed by atoms with E-state index in [0.717, 1.165) is 30.4 Å². The Morgan fingerprint density at radius 1 is 1.19 bits per heavy atom. The van der Waals surface area contributed by atoms with Crippen LogP contribution in [0.3, 0.4) is 0 Å². The van der Waals surface area contributed by atoms with Crippen LogP contribution in [-0.2, 0) is 0 Å². The predicted octanol–water partition coefficient (Wildman–Crippen LogP) is 5.78. The molecule has 0 heterocycles. The van der Waals surface area contributed by atoms with E-state index in [9.17, 15) is 15.3 Å². The van der Waals surface area contributed by atoms with Crippen LogP contribution in [0.4, 0.5) is 0 Å². The minimum atomic E-state index is -0.626. The molecule has 31 heavy (non-hydrogen) atoms. The first-order valence-corrected chi connectivity index (χ1v) is 12.9. The third kappa shape index (κ3) is 5.49.